The number of hydrogen-bond acceptors (Lipinski definition) is 5. The molecular weight excluding hydrogens is 349 g/mol. The average Bonchev–Trinajstić information content (AvgIpc) is 3.09. The van der Waals surface area contributed by atoms with Crippen LogP contribution in [0.1, 0.15) is 11.3 Å². The fraction of sp³-hybridized carbons (Fsp3) is 0.222. The lowest BCUT2D eigenvalue weighted by Crippen LogP contribution is -2.33. The lowest BCUT2D eigenvalue weighted by Gasteiger charge is -2.11. The quantitative estimate of drug-likeness (QED) is 0.581. The number of anilines is 2. The Bertz CT molecular complexity index is 924. The molecule has 0 bridgehead atoms. The van der Waals surface area contributed by atoms with Crippen LogP contribution >= 0.6 is 0 Å². The molecule has 0 saturated carbocycles. The summed E-state index contributed by atoms with van der Waals surface area (Å²) in [5.74, 6) is 0.851. The highest BCUT2D eigenvalue weighted by atomic mass is 19.1. The van der Waals surface area contributed by atoms with E-state index in [1.807, 2.05) is 19.2 Å². The van der Waals surface area contributed by atoms with Gasteiger partial charge in [-0.3, -0.25) is 0 Å². The van der Waals surface area contributed by atoms with Crippen LogP contribution < -0.4 is 16.0 Å². The lowest BCUT2D eigenvalue weighted by molar-refractivity contribution is 0.252. The number of nitrogens with one attached hydrogen (secondary N) is 3. The molecule has 0 fully saturated rings. The van der Waals surface area contributed by atoms with E-state index in [0.29, 0.717) is 36.0 Å². The molecule has 9 heteroatoms. The Morgan fingerprint density at radius 3 is 2.67 bits per heavy atom. The fourth-order valence-corrected chi connectivity index (χ4v) is 2.36. The van der Waals surface area contributed by atoms with Crippen LogP contribution in [-0.4, -0.2) is 39.1 Å². The van der Waals surface area contributed by atoms with Gasteiger partial charge >= 0.3 is 6.03 Å². The van der Waals surface area contributed by atoms with Gasteiger partial charge < -0.3 is 16.0 Å². The number of aryl methyl sites for hydroxylation is 1. The molecule has 3 N–H and O–H groups in total. The van der Waals surface area contributed by atoms with E-state index in [1.165, 1.54) is 6.07 Å². The van der Waals surface area contributed by atoms with Crippen LogP contribution in [-0.2, 0) is 0 Å². The van der Waals surface area contributed by atoms with Crippen LogP contribution in [0.15, 0.2) is 42.6 Å². The molecule has 0 aliphatic rings. The summed E-state index contributed by atoms with van der Waals surface area (Å²) in [5, 5.41) is 20.8. The lowest BCUT2D eigenvalue weighted by atomic mass is 10.2. The van der Waals surface area contributed by atoms with Gasteiger partial charge in [-0.1, -0.05) is 6.07 Å². The smallest absolute Gasteiger partial charge is 0.319 e. The van der Waals surface area contributed by atoms with E-state index in [-0.39, 0.29) is 5.82 Å². The van der Waals surface area contributed by atoms with Gasteiger partial charge in [0.1, 0.15) is 11.6 Å². The minimum atomic E-state index is -0.402. The van der Waals surface area contributed by atoms with Crippen LogP contribution in [0.4, 0.5) is 20.7 Å². The van der Waals surface area contributed by atoms with Crippen molar-refractivity contribution in [2.24, 2.45) is 0 Å². The Balaban J connectivity index is 1.43. The summed E-state index contributed by atoms with van der Waals surface area (Å²) < 4.78 is 15.1. The van der Waals surface area contributed by atoms with Gasteiger partial charge in [-0.2, -0.15) is 5.10 Å². The number of benzene rings is 1. The number of amides is 2. The highest BCUT2D eigenvalue weighted by Gasteiger charge is 2.07. The van der Waals surface area contributed by atoms with Crippen molar-refractivity contribution in [2.45, 2.75) is 13.8 Å². The zero-order valence-electron chi connectivity index (χ0n) is 15.0. The summed E-state index contributed by atoms with van der Waals surface area (Å²) >= 11 is 0. The molecule has 0 atom stereocenters. The van der Waals surface area contributed by atoms with Crippen LogP contribution in [0.5, 0.6) is 0 Å². The second-order valence-electron chi connectivity index (χ2n) is 5.90. The Morgan fingerprint density at radius 1 is 1.11 bits per heavy atom. The van der Waals surface area contributed by atoms with Gasteiger partial charge in [0.25, 0.3) is 0 Å². The minimum absolute atomic E-state index is 0.359. The molecule has 0 spiro atoms. The molecule has 3 aromatic rings. The van der Waals surface area contributed by atoms with Gasteiger partial charge in [0.2, 0.25) is 0 Å². The van der Waals surface area contributed by atoms with Gasteiger partial charge in [-0.05, 0) is 44.2 Å². The standard InChI is InChI=1S/C18H20FN7O/c1-12-8-11-26(25-12)17-7-6-16(23-24-17)20-9-10-21-18(27)22-15-5-3-4-14(19)13(15)2/h3-8,11H,9-10H2,1-2H3,(H,20,23)(H2,21,22,27). The highest BCUT2D eigenvalue weighted by Crippen LogP contribution is 2.17. The van der Waals surface area contributed by atoms with E-state index in [0.717, 1.165) is 5.69 Å². The summed E-state index contributed by atoms with van der Waals surface area (Å²) in [6, 6.07) is 9.62. The van der Waals surface area contributed by atoms with Crippen LogP contribution in [0, 0.1) is 19.7 Å². The van der Waals surface area contributed by atoms with E-state index in [1.54, 1.807) is 35.9 Å². The SMILES string of the molecule is Cc1ccn(-c2ccc(NCCNC(=O)Nc3cccc(F)c3C)nn2)n1. The molecule has 0 radical (unpaired) electrons. The molecular formula is C18H20FN7O. The number of rotatable bonds is 6. The molecule has 140 valence electrons. The first-order chi connectivity index (χ1) is 13.0. The van der Waals surface area contributed by atoms with Gasteiger partial charge in [0, 0.05) is 30.5 Å². The van der Waals surface area contributed by atoms with Crippen LogP contribution in [0.25, 0.3) is 5.82 Å². The number of urea groups is 1. The second kappa shape index (κ2) is 8.26. The molecule has 3 rings (SSSR count). The van der Waals surface area contributed by atoms with Crippen molar-refractivity contribution in [3.05, 3.63) is 59.7 Å². The first kappa shape index (κ1) is 18.3. The number of nitrogens with zero attached hydrogens (tertiary/aromatic N) is 4. The predicted molar refractivity (Wildman–Crippen MR) is 101 cm³/mol. The summed E-state index contributed by atoms with van der Waals surface area (Å²) in [4.78, 5) is 11.9. The van der Waals surface area contributed by atoms with Gasteiger partial charge in [-0.15, -0.1) is 10.2 Å². The largest absolute Gasteiger partial charge is 0.367 e. The number of carbonyl (C=O) groups is 1. The number of carbonyl (C=O) groups excluding carboxylic acids is 1. The first-order valence-corrected chi connectivity index (χ1v) is 8.43. The Labute approximate surface area is 155 Å². The van der Waals surface area contributed by atoms with Crippen molar-refractivity contribution in [1.29, 1.82) is 0 Å². The molecule has 0 saturated heterocycles. The monoisotopic (exact) mass is 369 g/mol. The molecule has 0 aliphatic heterocycles. The van der Waals surface area contributed by atoms with Crippen LogP contribution in [0.3, 0.4) is 0 Å². The Morgan fingerprint density at radius 2 is 1.96 bits per heavy atom. The third kappa shape index (κ3) is 4.78. The van der Waals surface area contributed by atoms with E-state index in [9.17, 15) is 9.18 Å². The molecule has 0 aliphatic carbocycles. The van der Waals surface area contributed by atoms with Crippen molar-refractivity contribution in [3.8, 4) is 5.82 Å². The molecule has 27 heavy (non-hydrogen) atoms. The normalized spacial score (nSPS) is 10.5. The average molecular weight is 369 g/mol. The molecule has 2 amide bonds. The summed E-state index contributed by atoms with van der Waals surface area (Å²) in [7, 11) is 0. The van der Waals surface area contributed by atoms with E-state index in [4.69, 9.17) is 0 Å². The topological polar surface area (TPSA) is 96.8 Å². The summed E-state index contributed by atoms with van der Waals surface area (Å²) in [5.41, 5.74) is 1.74. The fourth-order valence-electron chi connectivity index (χ4n) is 2.36. The molecule has 8 nitrogen and oxygen atoms in total. The number of halogens is 1. The number of aromatic nitrogens is 4. The Hall–Kier alpha value is -3.49. The first-order valence-electron chi connectivity index (χ1n) is 8.43. The Kier molecular flexibility index (Phi) is 5.60. The third-order valence-corrected chi connectivity index (χ3v) is 3.84. The second-order valence-corrected chi connectivity index (χ2v) is 5.90. The molecule has 2 heterocycles. The van der Waals surface area contributed by atoms with Gasteiger partial charge in [-0.25, -0.2) is 13.9 Å². The highest BCUT2D eigenvalue weighted by molar-refractivity contribution is 5.90. The van der Waals surface area contributed by atoms with Crippen molar-refractivity contribution in [2.75, 3.05) is 23.7 Å². The van der Waals surface area contributed by atoms with Crippen molar-refractivity contribution in [1.82, 2.24) is 25.3 Å². The van der Waals surface area contributed by atoms with E-state index >= 15 is 0 Å². The maximum atomic E-state index is 13.5. The maximum absolute atomic E-state index is 13.5. The minimum Gasteiger partial charge on any atom is -0.367 e. The van der Waals surface area contributed by atoms with Crippen LogP contribution in [0.2, 0.25) is 0 Å². The summed E-state index contributed by atoms with van der Waals surface area (Å²) in [6.45, 7) is 4.34. The van der Waals surface area contributed by atoms with E-state index in [2.05, 4.69) is 31.2 Å². The number of hydrogen-bond donors (Lipinski definition) is 3. The molecule has 0 unspecified atom stereocenters. The van der Waals surface area contributed by atoms with Crippen molar-refractivity contribution >= 4 is 17.5 Å². The van der Waals surface area contributed by atoms with Crippen molar-refractivity contribution in [3.63, 3.8) is 0 Å². The van der Waals surface area contributed by atoms with Crippen molar-refractivity contribution < 1.29 is 9.18 Å². The molecule has 1 aromatic carbocycles. The van der Waals surface area contributed by atoms with Gasteiger partial charge in [0.05, 0.1) is 5.69 Å². The zero-order chi connectivity index (χ0) is 19.2. The van der Waals surface area contributed by atoms with E-state index < -0.39 is 6.03 Å². The maximum Gasteiger partial charge on any atom is 0.319 e. The van der Waals surface area contributed by atoms with Gasteiger partial charge in [0.15, 0.2) is 5.82 Å². The zero-order valence-corrected chi connectivity index (χ0v) is 15.0. The summed E-state index contributed by atoms with van der Waals surface area (Å²) in [6.07, 6.45) is 1.81. The predicted octanol–water partition coefficient (Wildman–Crippen LogP) is 2.65. The molecule has 2 aromatic heterocycles. The third-order valence-electron chi connectivity index (χ3n) is 3.84.